The van der Waals surface area contributed by atoms with E-state index in [1.807, 2.05) is 6.92 Å². The highest BCUT2D eigenvalue weighted by Crippen LogP contribution is 2.18. The molecule has 0 amide bonds. The molecule has 0 aliphatic heterocycles. The summed E-state index contributed by atoms with van der Waals surface area (Å²) in [4.78, 5) is 14.3. The Hall–Kier alpha value is -1.29. The number of nitrogens with zero attached hydrogens (tertiary/aromatic N) is 2. The van der Waals surface area contributed by atoms with Crippen LogP contribution in [-0.2, 0) is 13.1 Å². The Bertz CT molecular complexity index is 503. The molecule has 0 aliphatic rings. The zero-order valence-electron chi connectivity index (χ0n) is 14.7. The summed E-state index contributed by atoms with van der Waals surface area (Å²) < 4.78 is 2.13. The molecule has 0 aliphatic carbocycles. The van der Waals surface area contributed by atoms with Crippen molar-refractivity contribution >= 4 is 0 Å². The van der Waals surface area contributed by atoms with Gasteiger partial charge in [-0.1, -0.05) is 33.6 Å². The lowest BCUT2D eigenvalue weighted by Gasteiger charge is -2.25. The minimum atomic E-state index is -0.257. The quantitative estimate of drug-likeness (QED) is 0.671. The summed E-state index contributed by atoms with van der Waals surface area (Å²) in [7, 11) is 0. The van der Waals surface area contributed by atoms with Crippen LogP contribution in [-0.4, -0.2) is 27.7 Å². The number of pyridine rings is 1. The number of aromatic hydroxyl groups is 1. The molecule has 0 saturated carbocycles. The standard InChI is InChI=1S/C18H32N2O2/c1-5-8-9-12-20-15(4)13-17(21)18(22)16(20)14-19(10-6-2)11-7-3/h13,22H,5-12,14H2,1-4H3. The molecule has 1 heterocycles. The first-order valence-electron chi connectivity index (χ1n) is 8.69. The summed E-state index contributed by atoms with van der Waals surface area (Å²) in [6.07, 6.45) is 5.56. The van der Waals surface area contributed by atoms with Crippen molar-refractivity contribution in [3.8, 4) is 5.75 Å². The first kappa shape index (κ1) is 18.8. The van der Waals surface area contributed by atoms with Gasteiger partial charge in [-0.25, -0.2) is 0 Å². The van der Waals surface area contributed by atoms with Gasteiger partial charge in [0.15, 0.2) is 5.75 Å². The van der Waals surface area contributed by atoms with Crippen LogP contribution in [0.5, 0.6) is 5.75 Å². The Kier molecular flexibility index (Phi) is 8.25. The average Bonchev–Trinajstić information content (AvgIpc) is 2.48. The van der Waals surface area contributed by atoms with Crippen molar-refractivity contribution in [3.63, 3.8) is 0 Å². The molecule has 0 saturated heterocycles. The van der Waals surface area contributed by atoms with Crippen LogP contribution in [0.3, 0.4) is 0 Å². The van der Waals surface area contributed by atoms with Crippen LogP contribution < -0.4 is 5.43 Å². The topological polar surface area (TPSA) is 45.5 Å². The van der Waals surface area contributed by atoms with Gasteiger partial charge in [-0.2, -0.15) is 0 Å². The number of rotatable bonds is 10. The van der Waals surface area contributed by atoms with Gasteiger partial charge in [-0.05, 0) is 39.3 Å². The van der Waals surface area contributed by atoms with Gasteiger partial charge < -0.3 is 9.67 Å². The second-order valence-electron chi connectivity index (χ2n) is 6.08. The molecule has 0 radical (unpaired) electrons. The smallest absolute Gasteiger partial charge is 0.223 e. The fraction of sp³-hybridized carbons (Fsp3) is 0.722. The molecule has 0 atom stereocenters. The van der Waals surface area contributed by atoms with Crippen molar-refractivity contribution in [2.45, 2.75) is 72.9 Å². The Morgan fingerprint density at radius 2 is 1.73 bits per heavy atom. The van der Waals surface area contributed by atoms with Gasteiger partial charge in [0, 0.05) is 24.8 Å². The fourth-order valence-corrected chi connectivity index (χ4v) is 2.92. The van der Waals surface area contributed by atoms with E-state index in [1.54, 1.807) is 6.07 Å². The van der Waals surface area contributed by atoms with Gasteiger partial charge in [0.2, 0.25) is 5.43 Å². The monoisotopic (exact) mass is 308 g/mol. The van der Waals surface area contributed by atoms with Crippen molar-refractivity contribution < 1.29 is 5.11 Å². The molecule has 4 heteroatoms. The van der Waals surface area contributed by atoms with Gasteiger partial charge in [0.1, 0.15) is 0 Å². The lowest BCUT2D eigenvalue weighted by molar-refractivity contribution is 0.252. The van der Waals surface area contributed by atoms with Crippen molar-refractivity contribution in [2.24, 2.45) is 0 Å². The van der Waals surface area contributed by atoms with E-state index in [2.05, 4.69) is 30.2 Å². The minimum Gasteiger partial charge on any atom is -0.503 e. The number of unbranched alkanes of at least 4 members (excludes halogenated alkanes) is 2. The molecular formula is C18H32N2O2. The molecule has 0 fully saturated rings. The van der Waals surface area contributed by atoms with E-state index < -0.39 is 0 Å². The highest BCUT2D eigenvalue weighted by molar-refractivity contribution is 5.29. The molecule has 0 bridgehead atoms. The second kappa shape index (κ2) is 9.67. The molecule has 0 unspecified atom stereocenters. The Labute approximate surface area is 134 Å². The number of hydrogen-bond donors (Lipinski definition) is 1. The van der Waals surface area contributed by atoms with Gasteiger partial charge in [-0.3, -0.25) is 9.69 Å². The van der Waals surface area contributed by atoms with Crippen LogP contribution in [0, 0.1) is 6.92 Å². The molecule has 1 N–H and O–H groups in total. The predicted molar refractivity (Wildman–Crippen MR) is 92.5 cm³/mol. The Balaban J connectivity index is 3.09. The third-order valence-electron chi connectivity index (χ3n) is 4.04. The van der Waals surface area contributed by atoms with Crippen molar-refractivity contribution in [2.75, 3.05) is 13.1 Å². The van der Waals surface area contributed by atoms with Crippen LogP contribution in [0.2, 0.25) is 0 Å². The molecule has 1 aromatic heterocycles. The van der Waals surface area contributed by atoms with E-state index in [-0.39, 0.29) is 11.2 Å². The molecule has 1 aromatic rings. The molecule has 0 aromatic carbocycles. The van der Waals surface area contributed by atoms with E-state index in [0.29, 0.717) is 6.54 Å². The van der Waals surface area contributed by atoms with E-state index in [0.717, 1.165) is 50.3 Å². The zero-order valence-corrected chi connectivity index (χ0v) is 14.7. The summed E-state index contributed by atoms with van der Waals surface area (Å²) in [5.41, 5.74) is 1.47. The molecule has 1 rings (SSSR count). The summed E-state index contributed by atoms with van der Waals surface area (Å²) in [5.74, 6) is -0.0701. The first-order valence-corrected chi connectivity index (χ1v) is 8.69. The lowest BCUT2D eigenvalue weighted by Crippen LogP contribution is -2.28. The largest absolute Gasteiger partial charge is 0.503 e. The highest BCUT2D eigenvalue weighted by Gasteiger charge is 2.16. The van der Waals surface area contributed by atoms with E-state index in [9.17, 15) is 9.90 Å². The molecule has 0 spiro atoms. The summed E-state index contributed by atoms with van der Waals surface area (Å²) in [6.45, 7) is 12.0. The Morgan fingerprint density at radius 3 is 2.27 bits per heavy atom. The van der Waals surface area contributed by atoms with Gasteiger partial charge in [0.05, 0.1) is 5.69 Å². The summed E-state index contributed by atoms with van der Waals surface area (Å²) >= 11 is 0. The van der Waals surface area contributed by atoms with Crippen LogP contribution >= 0.6 is 0 Å². The fourth-order valence-electron chi connectivity index (χ4n) is 2.92. The van der Waals surface area contributed by atoms with Crippen molar-refractivity contribution in [3.05, 3.63) is 27.7 Å². The third kappa shape index (κ3) is 5.16. The zero-order chi connectivity index (χ0) is 16.5. The number of aromatic nitrogens is 1. The summed E-state index contributed by atoms with van der Waals surface area (Å²) in [6, 6.07) is 1.55. The van der Waals surface area contributed by atoms with E-state index >= 15 is 0 Å². The van der Waals surface area contributed by atoms with E-state index in [4.69, 9.17) is 0 Å². The van der Waals surface area contributed by atoms with Crippen LogP contribution in [0.4, 0.5) is 0 Å². The Morgan fingerprint density at radius 1 is 1.09 bits per heavy atom. The number of aryl methyl sites for hydroxylation is 1. The van der Waals surface area contributed by atoms with Crippen molar-refractivity contribution in [1.82, 2.24) is 9.47 Å². The van der Waals surface area contributed by atoms with Crippen LogP contribution in [0.15, 0.2) is 10.9 Å². The first-order chi connectivity index (χ1) is 10.5. The van der Waals surface area contributed by atoms with Crippen LogP contribution in [0.25, 0.3) is 0 Å². The van der Waals surface area contributed by atoms with Gasteiger partial charge >= 0.3 is 0 Å². The SMILES string of the molecule is CCCCCn1c(C)cc(=O)c(O)c1CN(CCC)CCC. The van der Waals surface area contributed by atoms with Crippen LogP contribution in [0.1, 0.15) is 64.3 Å². The summed E-state index contributed by atoms with van der Waals surface area (Å²) in [5, 5.41) is 10.3. The maximum Gasteiger partial charge on any atom is 0.223 e. The van der Waals surface area contributed by atoms with Gasteiger partial charge in [0.25, 0.3) is 0 Å². The van der Waals surface area contributed by atoms with E-state index in [1.165, 1.54) is 12.8 Å². The second-order valence-corrected chi connectivity index (χ2v) is 6.08. The van der Waals surface area contributed by atoms with Crippen molar-refractivity contribution in [1.29, 1.82) is 0 Å². The maximum atomic E-state index is 12.0. The molecule has 126 valence electrons. The molecular weight excluding hydrogens is 276 g/mol. The highest BCUT2D eigenvalue weighted by atomic mass is 16.3. The predicted octanol–water partition coefficient (Wildman–Crippen LogP) is 3.67. The maximum absolute atomic E-state index is 12.0. The average molecular weight is 308 g/mol. The minimum absolute atomic E-state index is 0.0701. The molecule has 4 nitrogen and oxygen atoms in total. The lowest BCUT2D eigenvalue weighted by atomic mass is 10.2. The number of hydrogen-bond acceptors (Lipinski definition) is 3. The molecule has 22 heavy (non-hydrogen) atoms. The normalized spacial score (nSPS) is 11.3. The third-order valence-corrected chi connectivity index (χ3v) is 4.04. The van der Waals surface area contributed by atoms with Gasteiger partial charge in [-0.15, -0.1) is 0 Å².